The van der Waals surface area contributed by atoms with E-state index in [1.54, 1.807) is 44.3 Å². The van der Waals surface area contributed by atoms with Crippen LogP contribution in [-0.2, 0) is 72.0 Å². The van der Waals surface area contributed by atoms with Crippen LogP contribution < -0.4 is 70.8 Å². The molecule has 6 rings (SSSR count). The third kappa shape index (κ3) is 21.0. The van der Waals surface area contributed by atoms with Gasteiger partial charge in [0.15, 0.2) is 5.96 Å². The average molecular weight is 1250 g/mol. The molecule has 90 heavy (non-hydrogen) atoms. The fraction of sp³-hybridized carbons (Fsp3) is 0.508. The summed E-state index contributed by atoms with van der Waals surface area (Å²) >= 11 is 0. The molecule has 0 unspecified atom stereocenters. The van der Waals surface area contributed by atoms with Crippen LogP contribution >= 0.6 is 0 Å². The topological polar surface area (TPSA) is 501 Å². The Labute approximate surface area is 519 Å². The van der Waals surface area contributed by atoms with E-state index in [0.29, 0.717) is 47.0 Å². The van der Waals surface area contributed by atoms with Crippen molar-refractivity contribution >= 4 is 81.8 Å². The van der Waals surface area contributed by atoms with Crippen LogP contribution in [0.25, 0.3) is 10.9 Å². The van der Waals surface area contributed by atoms with Crippen LogP contribution in [0.5, 0.6) is 5.75 Å². The molecule has 4 aromatic rings. The predicted molar refractivity (Wildman–Crippen MR) is 327 cm³/mol. The molecule has 2 aromatic carbocycles. The van der Waals surface area contributed by atoms with Crippen molar-refractivity contribution in [2.45, 2.75) is 152 Å². The standard InChI is InChI=1S/C59H84N18O13/c1-32(2)23-42(52(84)71-41(12-7-21-65-59(62)63)58(90)77-22-8-13-47(77)57(89)67-29-48(61)80)72-50(82)39(11-5-6-20-60)70-53(85)43(24-33-14-16-36(79)17-15-33)73-56(88)46(30-78)76-54(86)44(25-34-27-66-38-10-4-3-9-37(34)38)74-55(87)45(26-35-28-64-31-68-35)75-51(83)40-18-19-49(81)69-40/h3-4,9-10,14-17,27-28,31-32,39-47,66,78-79H,5-8,11-13,18-26,29-30,60H2,1-2H3,(H2,61,80)(H,64,68)(H,67,89)(H,69,81)(H,70,85)(H,71,84)(H,72,82)(H,73,88)(H,74,87)(H,75,83)(H,76,86)(H4,62,63,65)/t39-,40+,41+,42+,43+,44+,45+,46+,47+/m0/s1. The number of nitrogens with zero attached hydrogens (tertiary/aromatic N) is 3. The number of benzene rings is 2. The van der Waals surface area contributed by atoms with Gasteiger partial charge in [0.1, 0.15) is 60.1 Å². The Balaban J connectivity index is 1.23. The summed E-state index contributed by atoms with van der Waals surface area (Å²) in [5, 5.41) is 45.3. The second-order valence-corrected chi connectivity index (χ2v) is 22.7. The number of aliphatic imine (C=N–C) groups is 1. The molecule has 31 heteroatoms. The molecule has 2 aliphatic heterocycles. The zero-order chi connectivity index (χ0) is 65.4. The lowest BCUT2D eigenvalue weighted by molar-refractivity contribution is -0.142. The molecule has 0 spiro atoms. The van der Waals surface area contributed by atoms with Crippen LogP contribution in [0, 0.1) is 5.92 Å². The number of likely N-dealkylation sites (tertiary alicyclic amines) is 1. The molecule has 0 radical (unpaired) electrons. The van der Waals surface area contributed by atoms with Crippen LogP contribution in [0.2, 0.25) is 0 Å². The van der Waals surface area contributed by atoms with E-state index < -0.39 is 127 Å². The molecule has 9 atom stereocenters. The number of hydrogen-bond donors (Lipinski definition) is 17. The monoisotopic (exact) mass is 1250 g/mol. The Kier molecular flexibility index (Phi) is 26.4. The van der Waals surface area contributed by atoms with Gasteiger partial charge in [-0.2, -0.15) is 0 Å². The normalized spacial score (nSPS) is 16.9. The second kappa shape index (κ2) is 34.2. The lowest BCUT2D eigenvalue weighted by Gasteiger charge is -2.30. The quantitative estimate of drug-likeness (QED) is 0.0119. The van der Waals surface area contributed by atoms with Crippen molar-refractivity contribution in [3.05, 3.63) is 84.1 Å². The number of aromatic nitrogens is 3. The Morgan fingerprint density at radius 1 is 0.700 bits per heavy atom. The minimum absolute atomic E-state index is 0.00338. The average Bonchev–Trinajstić information content (AvgIpc) is 3.74. The van der Waals surface area contributed by atoms with Gasteiger partial charge in [0.2, 0.25) is 65.0 Å². The van der Waals surface area contributed by atoms with Crippen molar-refractivity contribution in [1.29, 1.82) is 0 Å². The number of aliphatic hydroxyl groups is 1. The van der Waals surface area contributed by atoms with E-state index in [1.165, 1.54) is 41.7 Å². The second-order valence-electron chi connectivity index (χ2n) is 22.7. The van der Waals surface area contributed by atoms with E-state index in [0.717, 1.165) is 0 Å². The third-order valence-electron chi connectivity index (χ3n) is 15.2. The molecule has 11 amide bonds. The van der Waals surface area contributed by atoms with Gasteiger partial charge in [-0.1, -0.05) is 44.2 Å². The first kappa shape index (κ1) is 69.5. The van der Waals surface area contributed by atoms with E-state index in [2.05, 4.69) is 67.8 Å². The number of guanidine groups is 1. The zero-order valence-corrected chi connectivity index (χ0v) is 50.4. The van der Waals surface area contributed by atoms with Gasteiger partial charge < -0.3 is 95.9 Å². The summed E-state index contributed by atoms with van der Waals surface area (Å²) in [6, 6.07) is 0.871. The van der Waals surface area contributed by atoms with E-state index in [-0.39, 0.29) is 107 Å². The number of primary amides is 1. The number of rotatable bonds is 35. The summed E-state index contributed by atoms with van der Waals surface area (Å²) in [5.41, 5.74) is 24.3. The highest BCUT2D eigenvalue weighted by molar-refractivity contribution is 6.00. The Morgan fingerprint density at radius 2 is 1.31 bits per heavy atom. The number of fused-ring (bicyclic) bond motifs is 1. The molecule has 4 heterocycles. The maximum Gasteiger partial charge on any atom is 0.245 e. The zero-order valence-electron chi connectivity index (χ0n) is 50.4. The summed E-state index contributed by atoms with van der Waals surface area (Å²) in [4.78, 5) is 167. The van der Waals surface area contributed by atoms with Gasteiger partial charge in [-0.15, -0.1) is 0 Å². The first-order chi connectivity index (χ1) is 43.0. The fourth-order valence-corrected chi connectivity index (χ4v) is 10.6. The van der Waals surface area contributed by atoms with Crippen molar-refractivity contribution in [3.8, 4) is 5.75 Å². The number of imidazole rings is 1. The number of carbonyl (C=O) groups is 11. The molecule has 21 N–H and O–H groups in total. The largest absolute Gasteiger partial charge is 0.508 e. The molecule has 488 valence electrons. The molecular formula is C59H84N18O13. The van der Waals surface area contributed by atoms with Gasteiger partial charge in [-0.25, -0.2) is 4.98 Å². The number of phenolic OH excluding ortho intramolecular Hbond substituents is 1. The minimum Gasteiger partial charge on any atom is -0.508 e. The number of aromatic amines is 2. The molecule has 0 aliphatic carbocycles. The molecule has 2 aliphatic rings. The highest BCUT2D eigenvalue weighted by atomic mass is 16.3. The molecule has 2 saturated heterocycles. The van der Waals surface area contributed by atoms with E-state index >= 15 is 0 Å². The number of hydrogen-bond acceptors (Lipinski definition) is 16. The number of nitrogens with two attached hydrogens (primary N) is 4. The smallest absolute Gasteiger partial charge is 0.245 e. The molecule has 0 saturated carbocycles. The first-order valence-electron chi connectivity index (χ1n) is 30.0. The van der Waals surface area contributed by atoms with Crippen molar-refractivity contribution in [2.75, 3.05) is 32.8 Å². The molecule has 0 bridgehead atoms. The van der Waals surface area contributed by atoms with E-state index in [4.69, 9.17) is 22.9 Å². The number of phenols is 1. The Morgan fingerprint density at radius 3 is 1.94 bits per heavy atom. The summed E-state index contributed by atoms with van der Waals surface area (Å²) in [6.07, 6.45) is 5.83. The van der Waals surface area contributed by atoms with Crippen LogP contribution in [-0.4, -0.2) is 188 Å². The van der Waals surface area contributed by atoms with Crippen molar-refractivity contribution in [2.24, 2.45) is 33.8 Å². The highest BCUT2D eigenvalue weighted by Crippen LogP contribution is 2.22. The number of para-hydroxylation sites is 1. The number of unbranched alkanes of at least 4 members (excludes halogenated alkanes) is 1. The lowest BCUT2D eigenvalue weighted by Crippen LogP contribution is -2.61. The Bertz CT molecular complexity index is 3170. The molecule has 2 fully saturated rings. The summed E-state index contributed by atoms with van der Waals surface area (Å²) in [7, 11) is 0. The van der Waals surface area contributed by atoms with Crippen molar-refractivity contribution < 1.29 is 63.0 Å². The number of amides is 11. The van der Waals surface area contributed by atoms with Crippen LogP contribution in [0.3, 0.4) is 0 Å². The van der Waals surface area contributed by atoms with Crippen LogP contribution in [0.4, 0.5) is 0 Å². The van der Waals surface area contributed by atoms with Gasteiger partial charge in [0.05, 0.1) is 19.5 Å². The maximum atomic E-state index is 14.7. The van der Waals surface area contributed by atoms with Crippen LogP contribution in [0.1, 0.15) is 94.9 Å². The van der Waals surface area contributed by atoms with Gasteiger partial charge in [0, 0.05) is 67.8 Å². The maximum absolute atomic E-state index is 14.7. The number of carbonyl (C=O) groups excluding carboxylic acids is 11. The SMILES string of the molecule is CC(C)C[C@@H](NC(=O)[C@H](CCCCN)NC(=O)[C@@H](Cc1ccc(O)cc1)NC(=O)[C@@H](CO)NC(=O)[C@@H](Cc1c[nH]c2ccccc12)NC(=O)[C@@H](Cc1cnc[nH]1)NC(=O)[C@H]1CCC(=O)N1)C(=O)N[C@H](CCCN=C(N)N)C(=O)N1CCC[C@@H]1C(=O)NCC(N)=O. The fourth-order valence-electron chi connectivity index (χ4n) is 10.6. The van der Waals surface area contributed by atoms with E-state index in [1.807, 2.05) is 0 Å². The summed E-state index contributed by atoms with van der Waals surface area (Å²) in [6.45, 7) is 2.57. The molecule has 31 nitrogen and oxygen atoms in total. The number of aliphatic hydroxyl groups excluding tert-OH is 1. The summed E-state index contributed by atoms with van der Waals surface area (Å²) < 4.78 is 0. The van der Waals surface area contributed by atoms with Gasteiger partial charge in [0.25, 0.3) is 0 Å². The minimum atomic E-state index is -1.78. The van der Waals surface area contributed by atoms with Crippen molar-refractivity contribution in [1.82, 2.24) is 67.7 Å². The highest BCUT2D eigenvalue weighted by Gasteiger charge is 2.40. The Hall–Kier alpha value is -9.65. The van der Waals surface area contributed by atoms with Gasteiger partial charge in [-0.3, -0.25) is 57.7 Å². The number of H-pyrrole nitrogens is 2. The van der Waals surface area contributed by atoms with Gasteiger partial charge in [-0.05, 0) is 99.6 Å². The predicted octanol–water partition coefficient (Wildman–Crippen LogP) is -3.89. The molecule has 2 aromatic heterocycles. The number of aromatic hydroxyl groups is 1. The lowest BCUT2D eigenvalue weighted by atomic mass is 10.00. The third-order valence-corrected chi connectivity index (χ3v) is 15.2. The van der Waals surface area contributed by atoms with Gasteiger partial charge >= 0.3 is 0 Å². The van der Waals surface area contributed by atoms with Crippen LogP contribution in [0.15, 0.2) is 72.2 Å². The molecular weight excluding hydrogens is 1170 g/mol. The van der Waals surface area contributed by atoms with E-state index in [9.17, 15) is 63.0 Å². The summed E-state index contributed by atoms with van der Waals surface area (Å²) in [5.74, 6) is -8.89. The first-order valence-corrected chi connectivity index (χ1v) is 30.0. The number of nitrogens with one attached hydrogen (secondary N) is 11. The van der Waals surface area contributed by atoms with Crippen molar-refractivity contribution in [3.63, 3.8) is 0 Å².